The Bertz CT molecular complexity index is 906. The summed E-state index contributed by atoms with van der Waals surface area (Å²) in [6, 6.07) is 12.4. The van der Waals surface area contributed by atoms with Crippen LogP contribution in [-0.2, 0) is 4.79 Å². The topological polar surface area (TPSA) is 49.9 Å². The van der Waals surface area contributed by atoms with E-state index in [0.29, 0.717) is 24.5 Å². The molecule has 2 aliphatic rings. The quantitative estimate of drug-likeness (QED) is 0.776. The minimum Gasteiger partial charge on any atom is -0.322 e. The Kier molecular flexibility index (Phi) is 4.86. The van der Waals surface area contributed by atoms with Crippen molar-refractivity contribution in [2.75, 3.05) is 6.26 Å². The molecule has 0 amide bonds. The highest BCUT2D eigenvalue weighted by Crippen LogP contribution is 2.38. The third kappa shape index (κ3) is 3.70. The molecule has 134 valence electrons. The van der Waals surface area contributed by atoms with Crippen LogP contribution < -0.4 is 5.56 Å². The predicted molar refractivity (Wildman–Crippen MR) is 107 cm³/mol. The van der Waals surface area contributed by atoms with Gasteiger partial charge in [-0.05, 0) is 61.1 Å². The highest BCUT2D eigenvalue weighted by atomic mass is 32.2. The number of thioether (sulfide) groups is 1. The first-order valence-corrected chi connectivity index (χ1v) is 10.5. The zero-order valence-corrected chi connectivity index (χ0v) is 15.8. The summed E-state index contributed by atoms with van der Waals surface area (Å²) in [6.07, 6.45) is 8.64. The third-order valence-corrected chi connectivity index (χ3v) is 6.08. The first kappa shape index (κ1) is 17.3. The molecule has 1 heterocycles. The Labute approximate surface area is 157 Å². The molecule has 0 saturated heterocycles. The van der Waals surface area contributed by atoms with Crippen molar-refractivity contribution in [1.29, 1.82) is 0 Å². The van der Waals surface area contributed by atoms with Crippen molar-refractivity contribution in [3.05, 3.63) is 69.6 Å². The summed E-state index contributed by atoms with van der Waals surface area (Å²) in [4.78, 5) is 28.5. The third-order valence-electron chi connectivity index (χ3n) is 5.33. The van der Waals surface area contributed by atoms with E-state index < -0.39 is 0 Å². The number of ketones is 1. The van der Waals surface area contributed by atoms with Gasteiger partial charge >= 0.3 is 0 Å². The number of hydrogen-bond donors (Lipinski definition) is 1. The molecule has 0 unspecified atom stereocenters. The second kappa shape index (κ2) is 7.28. The molecule has 2 fully saturated rings. The number of Topliss-reactive ketones (excluding diaryl/α,β-unsaturated/α-hetero) is 1. The minimum atomic E-state index is 0.0270. The van der Waals surface area contributed by atoms with Crippen LogP contribution in [0.25, 0.3) is 5.57 Å². The Morgan fingerprint density at radius 3 is 2.42 bits per heavy atom. The highest BCUT2D eigenvalue weighted by Gasteiger charge is 2.26. The molecule has 3 nitrogen and oxygen atoms in total. The van der Waals surface area contributed by atoms with Gasteiger partial charge < -0.3 is 4.98 Å². The lowest BCUT2D eigenvalue weighted by Crippen LogP contribution is -2.13. The SMILES string of the molecule is CSc1ccc(/C(=C\[C@H]2CCC(=O)C2)c2ccc(C3CC3)c(=O)[nH]2)cc1. The summed E-state index contributed by atoms with van der Waals surface area (Å²) in [6.45, 7) is 0. The van der Waals surface area contributed by atoms with Crippen LogP contribution in [0.15, 0.2) is 52.2 Å². The van der Waals surface area contributed by atoms with E-state index in [1.54, 1.807) is 11.8 Å². The van der Waals surface area contributed by atoms with Gasteiger partial charge in [0.2, 0.25) is 0 Å². The molecule has 4 heteroatoms. The zero-order valence-electron chi connectivity index (χ0n) is 15.0. The zero-order chi connectivity index (χ0) is 18.1. The number of aromatic nitrogens is 1. The Hall–Kier alpha value is -2.07. The Morgan fingerprint density at radius 2 is 1.85 bits per heavy atom. The van der Waals surface area contributed by atoms with Gasteiger partial charge in [-0.1, -0.05) is 24.3 Å². The van der Waals surface area contributed by atoms with Gasteiger partial charge in [-0.2, -0.15) is 0 Å². The van der Waals surface area contributed by atoms with Crippen LogP contribution in [-0.4, -0.2) is 17.0 Å². The number of pyridine rings is 1. The van der Waals surface area contributed by atoms with Crippen LogP contribution in [0.4, 0.5) is 0 Å². The summed E-state index contributed by atoms with van der Waals surface area (Å²) in [5, 5.41) is 0. The molecule has 0 radical (unpaired) electrons. The van der Waals surface area contributed by atoms with Crippen LogP contribution in [0.3, 0.4) is 0 Å². The second-order valence-corrected chi connectivity index (χ2v) is 8.16. The fraction of sp³-hybridized carbons (Fsp3) is 0.364. The van der Waals surface area contributed by atoms with Crippen LogP contribution in [0, 0.1) is 5.92 Å². The van der Waals surface area contributed by atoms with E-state index in [9.17, 15) is 9.59 Å². The van der Waals surface area contributed by atoms with E-state index in [1.165, 1.54) is 4.90 Å². The molecule has 2 saturated carbocycles. The van der Waals surface area contributed by atoms with Crippen molar-refractivity contribution in [2.45, 2.75) is 42.9 Å². The Morgan fingerprint density at radius 1 is 1.08 bits per heavy atom. The van der Waals surface area contributed by atoms with Gasteiger partial charge in [-0.3, -0.25) is 9.59 Å². The Balaban J connectivity index is 1.74. The molecule has 0 spiro atoms. The van der Waals surface area contributed by atoms with Gasteiger partial charge in [0.15, 0.2) is 0 Å². The lowest BCUT2D eigenvalue weighted by Gasteiger charge is -2.12. The summed E-state index contributed by atoms with van der Waals surface area (Å²) >= 11 is 1.71. The minimum absolute atomic E-state index is 0.0270. The molecule has 1 aromatic carbocycles. The van der Waals surface area contributed by atoms with Crippen molar-refractivity contribution < 1.29 is 4.79 Å². The summed E-state index contributed by atoms with van der Waals surface area (Å²) in [5.41, 5.74) is 3.88. The fourth-order valence-corrected chi connectivity index (χ4v) is 4.10. The van der Waals surface area contributed by atoms with E-state index >= 15 is 0 Å². The molecular weight excluding hydrogens is 342 g/mol. The second-order valence-electron chi connectivity index (χ2n) is 7.28. The van der Waals surface area contributed by atoms with Crippen molar-refractivity contribution in [1.82, 2.24) is 4.98 Å². The van der Waals surface area contributed by atoms with Crippen LogP contribution in [0.1, 0.15) is 54.8 Å². The van der Waals surface area contributed by atoms with Crippen molar-refractivity contribution in [3.8, 4) is 0 Å². The molecule has 1 atom stereocenters. The number of H-pyrrole nitrogens is 1. The first-order valence-electron chi connectivity index (χ1n) is 9.25. The number of carbonyl (C=O) groups is 1. The summed E-state index contributed by atoms with van der Waals surface area (Å²) < 4.78 is 0. The van der Waals surface area contributed by atoms with Crippen LogP contribution in [0.5, 0.6) is 0 Å². The maximum atomic E-state index is 12.5. The number of rotatable bonds is 5. The van der Waals surface area contributed by atoms with Gasteiger partial charge in [0.25, 0.3) is 5.56 Å². The first-order chi connectivity index (χ1) is 12.6. The number of aromatic amines is 1. The summed E-state index contributed by atoms with van der Waals surface area (Å²) in [5.74, 6) is 1.03. The fourth-order valence-electron chi connectivity index (χ4n) is 3.69. The number of hydrogen-bond acceptors (Lipinski definition) is 3. The van der Waals surface area contributed by atoms with Crippen molar-refractivity contribution >= 4 is 23.1 Å². The predicted octanol–water partition coefficient (Wildman–Crippen LogP) is 4.78. The molecule has 0 bridgehead atoms. The van der Waals surface area contributed by atoms with Crippen molar-refractivity contribution in [3.63, 3.8) is 0 Å². The number of carbonyl (C=O) groups excluding carboxylic acids is 1. The molecular formula is C22H23NO2S. The molecule has 1 aromatic heterocycles. The van der Waals surface area contributed by atoms with Crippen molar-refractivity contribution in [2.24, 2.45) is 5.92 Å². The van der Waals surface area contributed by atoms with E-state index in [2.05, 4.69) is 41.6 Å². The average molecular weight is 365 g/mol. The molecule has 1 N–H and O–H groups in total. The number of allylic oxidation sites excluding steroid dienone is 1. The lowest BCUT2D eigenvalue weighted by atomic mass is 9.95. The maximum absolute atomic E-state index is 12.5. The van der Waals surface area contributed by atoms with E-state index in [4.69, 9.17) is 0 Å². The van der Waals surface area contributed by atoms with Crippen LogP contribution >= 0.6 is 11.8 Å². The monoisotopic (exact) mass is 365 g/mol. The maximum Gasteiger partial charge on any atom is 0.251 e. The number of benzene rings is 1. The van der Waals surface area contributed by atoms with Gasteiger partial charge in [0.1, 0.15) is 5.78 Å². The van der Waals surface area contributed by atoms with E-state index in [0.717, 1.165) is 41.7 Å². The largest absolute Gasteiger partial charge is 0.322 e. The highest BCUT2D eigenvalue weighted by molar-refractivity contribution is 7.98. The molecule has 2 aliphatic carbocycles. The normalized spacial score (nSPS) is 20.6. The average Bonchev–Trinajstić information content (AvgIpc) is 3.41. The molecule has 4 rings (SSSR count). The standard InChI is InChI=1S/C22H23NO2S/c1-26-18-8-5-16(6-9-18)20(13-14-2-7-17(24)12-14)21-11-10-19(15-3-4-15)22(25)23-21/h5-6,8-11,13-15H,2-4,7,12H2,1H3,(H,23,25)/b20-13+/t14-/m0/s1. The van der Waals surface area contributed by atoms with Gasteiger partial charge in [0, 0.05) is 34.6 Å². The molecule has 0 aliphatic heterocycles. The molecule has 26 heavy (non-hydrogen) atoms. The van der Waals surface area contributed by atoms with Gasteiger partial charge in [0.05, 0.1) is 0 Å². The van der Waals surface area contributed by atoms with Crippen LogP contribution in [0.2, 0.25) is 0 Å². The van der Waals surface area contributed by atoms with E-state index in [-0.39, 0.29) is 11.5 Å². The van der Waals surface area contributed by atoms with Gasteiger partial charge in [-0.25, -0.2) is 0 Å². The number of nitrogens with one attached hydrogen (secondary N) is 1. The lowest BCUT2D eigenvalue weighted by molar-refractivity contribution is -0.117. The summed E-state index contributed by atoms with van der Waals surface area (Å²) in [7, 11) is 0. The van der Waals surface area contributed by atoms with E-state index in [1.807, 2.05) is 12.1 Å². The smallest absolute Gasteiger partial charge is 0.251 e. The van der Waals surface area contributed by atoms with Gasteiger partial charge in [-0.15, -0.1) is 11.8 Å². The molecule has 2 aromatic rings.